The molecule has 3 aromatic carbocycles. The molecule has 0 heterocycles. The molecule has 3 aromatic rings. The Morgan fingerprint density at radius 2 is 1.75 bits per heavy atom. The topological polar surface area (TPSA) is 81.7 Å². The van der Waals surface area contributed by atoms with E-state index in [-0.39, 0.29) is 11.1 Å². The molecule has 3 N–H and O–H groups in total. The van der Waals surface area contributed by atoms with E-state index in [1.165, 1.54) is 18.6 Å². The van der Waals surface area contributed by atoms with Crippen molar-refractivity contribution in [1.82, 2.24) is 0 Å². The minimum atomic E-state index is -1.14. The predicted molar refractivity (Wildman–Crippen MR) is 142 cm³/mol. The van der Waals surface area contributed by atoms with Crippen molar-refractivity contribution in [3.8, 4) is 11.1 Å². The first-order valence-electron chi connectivity index (χ1n) is 12.3. The van der Waals surface area contributed by atoms with Gasteiger partial charge in [0.1, 0.15) is 5.82 Å². The highest BCUT2D eigenvalue weighted by atomic mass is 19.1. The van der Waals surface area contributed by atoms with E-state index in [1.807, 2.05) is 37.3 Å². The number of nitrogens with one attached hydrogen (secondary N) is 2. The van der Waals surface area contributed by atoms with Gasteiger partial charge in [0.05, 0.1) is 16.9 Å². The summed E-state index contributed by atoms with van der Waals surface area (Å²) in [6.45, 7) is 7.11. The van der Waals surface area contributed by atoms with Crippen LogP contribution >= 0.6 is 0 Å². The third-order valence-corrected chi connectivity index (χ3v) is 6.46. The molecule has 1 aliphatic carbocycles. The van der Waals surface area contributed by atoms with Crippen LogP contribution in [0.4, 0.5) is 26.2 Å². The van der Waals surface area contributed by atoms with Gasteiger partial charge in [-0.25, -0.2) is 14.0 Å². The van der Waals surface area contributed by atoms with Gasteiger partial charge in [-0.3, -0.25) is 0 Å². The van der Waals surface area contributed by atoms with E-state index in [1.54, 1.807) is 12.1 Å². The van der Waals surface area contributed by atoms with E-state index in [0.29, 0.717) is 28.9 Å². The summed E-state index contributed by atoms with van der Waals surface area (Å²) in [6.07, 6.45) is 3.33. The first kappa shape index (κ1) is 25.2. The summed E-state index contributed by atoms with van der Waals surface area (Å²) < 4.78 is 14.1. The minimum Gasteiger partial charge on any atom is -0.478 e. The molecule has 0 aromatic heterocycles. The molecule has 36 heavy (non-hydrogen) atoms. The largest absolute Gasteiger partial charge is 0.478 e. The van der Waals surface area contributed by atoms with Crippen molar-refractivity contribution in [2.75, 3.05) is 22.1 Å². The van der Waals surface area contributed by atoms with E-state index in [0.717, 1.165) is 36.7 Å². The van der Waals surface area contributed by atoms with Crippen molar-refractivity contribution in [3.63, 3.8) is 0 Å². The van der Waals surface area contributed by atoms with Crippen LogP contribution in [0.15, 0.2) is 60.7 Å². The zero-order valence-corrected chi connectivity index (χ0v) is 20.8. The Labute approximate surface area is 211 Å². The molecule has 6 nitrogen and oxygen atoms in total. The van der Waals surface area contributed by atoms with Crippen molar-refractivity contribution in [1.29, 1.82) is 0 Å². The molecule has 4 rings (SSSR count). The number of aromatic carboxylic acids is 1. The maximum Gasteiger partial charge on any atom is 0.336 e. The molecule has 0 unspecified atom stereocenters. The summed E-state index contributed by atoms with van der Waals surface area (Å²) in [5, 5.41) is 15.5. The monoisotopic (exact) mass is 489 g/mol. The van der Waals surface area contributed by atoms with Gasteiger partial charge in [-0.1, -0.05) is 37.6 Å². The van der Waals surface area contributed by atoms with Crippen molar-refractivity contribution in [2.45, 2.75) is 46.1 Å². The lowest BCUT2D eigenvalue weighted by molar-refractivity contribution is 0.0697. The molecular weight excluding hydrogens is 457 g/mol. The third kappa shape index (κ3) is 5.85. The molecule has 0 spiro atoms. The van der Waals surface area contributed by atoms with Crippen LogP contribution in [0.25, 0.3) is 11.1 Å². The van der Waals surface area contributed by atoms with Gasteiger partial charge in [-0.15, -0.1) is 0 Å². The van der Waals surface area contributed by atoms with Crippen LogP contribution in [-0.4, -0.2) is 29.7 Å². The Hall–Kier alpha value is -3.87. The van der Waals surface area contributed by atoms with Gasteiger partial charge in [0.25, 0.3) is 0 Å². The van der Waals surface area contributed by atoms with E-state index in [4.69, 9.17) is 0 Å². The average molecular weight is 490 g/mol. The fraction of sp³-hybridized carbons (Fsp3) is 0.310. The summed E-state index contributed by atoms with van der Waals surface area (Å²) in [4.78, 5) is 27.1. The highest BCUT2D eigenvalue weighted by Gasteiger charge is 2.28. The zero-order valence-electron chi connectivity index (χ0n) is 20.8. The number of benzene rings is 3. The number of hydrogen-bond acceptors (Lipinski definition) is 3. The second-order valence-electron chi connectivity index (χ2n) is 9.80. The molecule has 188 valence electrons. The summed E-state index contributed by atoms with van der Waals surface area (Å²) in [5.41, 5.74) is 3.93. The van der Waals surface area contributed by atoms with Crippen LogP contribution in [0, 0.1) is 18.7 Å². The lowest BCUT2D eigenvalue weighted by atomic mass is 9.89. The summed E-state index contributed by atoms with van der Waals surface area (Å²) in [5.74, 6) is -1.26. The Morgan fingerprint density at radius 1 is 1.03 bits per heavy atom. The number of carbonyl (C=O) groups excluding carboxylic acids is 1. The van der Waals surface area contributed by atoms with E-state index in [9.17, 15) is 19.1 Å². The number of aryl methyl sites for hydroxylation is 1. The highest BCUT2D eigenvalue weighted by Crippen LogP contribution is 2.38. The lowest BCUT2D eigenvalue weighted by Gasteiger charge is -2.41. The normalized spacial score (nSPS) is 13.2. The smallest absolute Gasteiger partial charge is 0.336 e. The van der Waals surface area contributed by atoms with Gasteiger partial charge in [0.15, 0.2) is 0 Å². The fourth-order valence-electron chi connectivity index (χ4n) is 4.45. The second kappa shape index (κ2) is 10.8. The van der Waals surface area contributed by atoms with E-state index >= 15 is 0 Å². The summed E-state index contributed by atoms with van der Waals surface area (Å²) in [7, 11) is 0. The molecular formula is C29H32FN3O3. The number of halogens is 1. The van der Waals surface area contributed by atoms with Crippen molar-refractivity contribution < 1.29 is 19.1 Å². The molecule has 0 atom stereocenters. The van der Waals surface area contributed by atoms with Crippen molar-refractivity contribution in [3.05, 3.63) is 77.6 Å². The standard InChI is InChI=1S/C29H32FN3O3/c1-18(2)17-33(23-5-4-6-23)27-14-9-20(25-16-21(30)10-13-24(25)28(34)35)15-26(27)32-29(36)31-22-11-7-19(3)8-12-22/h7-16,18,23H,4-6,17H2,1-3H3,(H,34,35)(H2,31,32,36). The van der Waals surface area contributed by atoms with Crippen LogP contribution in [0.5, 0.6) is 0 Å². The molecule has 0 bridgehead atoms. The van der Waals surface area contributed by atoms with Crippen molar-refractivity contribution in [2.24, 2.45) is 5.92 Å². The number of carboxylic acids is 1. The van der Waals surface area contributed by atoms with Gasteiger partial charge in [-0.05, 0) is 85.7 Å². The highest BCUT2D eigenvalue weighted by molar-refractivity contribution is 6.03. The summed E-state index contributed by atoms with van der Waals surface area (Å²) in [6, 6.07) is 16.5. The number of urea groups is 1. The molecule has 0 radical (unpaired) electrons. The Kier molecular flexibility index (Phi) is 7.58. The van der Waals surface area contributed by atoms with Crippen LogP contribution < -0.4 is 15.5 Å². The first-order chi connectivity index (χ1) is 17.2. The quantitative estimate of drug-likeness (QED) is 0.314. The Morgan fingerprint density at radius 3 is 2.36 bits per heavy atom. The predicted octanol–water partition coefficient (Wildman–Crippen LogP) is 7.16. The number of anilines is 3. The molecule has 0 aliphatic heterocycles. The first-order valence-corrected chi connectivity index (χ1v) is 12.3. The molecule has 2 amide bonds. The average Bonchev–Trinajstić information content (AvgIpc) is 2.78. The molecule has 1 fully saturated rings. The summed E-state index contributed by atoms with van der Waals surface area (Å²) >= 11 is 0. The molecule has 1 aliphatic rings. The number of hydrogen-bond donors (Lipinski definition) is 3. The maximum atomic E-state index is 14.1. The van der Waals surface area contributed by atoms with Gasteiger partial charge in [0, 0.05) is 18.3 Å². The van der Waals surface area contributed by atoms with Crippen LogP contribution in [0.2, 0.25) is 0 Å². The van der Waals surface area contributed by atoms with Crippen LogP contribution in [-0.2, 0) is 0 Å². The number of nitrogens with zero attached hydrogens (tertiary/aromatic N) is 1. The number of carbonyl (C=O) groups is 2. The Bertz CT molecular complexity index is 1250. The third-order valence-electron chi connectivity index (χ3n) is 6.46. The van der Waals surface area contributed by atoms with Gasteiger partial charge in [0.2, 0.25) is 0 Å². The Balaban J connectivity index is 1.74. The number of amides is 2. The van der Waals surface area contributed by atoms with Crippen molar-refractivity contribution >= 4 is 29.1 Å². The lowest BCUT2D eigenvalue weighted by Crippen LogP contribution is -2.42. The van der Waals surface area contributed by atoms with E-state index in [2.05, 4.69) is 29.4 Å². The van der Waals surface area contributed by atoms with E-state index < -0.39 is 17.8 Å². The second-order valence-corrected chi connectivity index (χ2v) is 9.80. The zero-order chi connectivity index (χ0) is 25.8. The molecule has 0 saturated heterocycles. The molecule has 1 saturated carbocycles. The maximum absolute atomic E-state index is 14.1. The minimum absolute atomic E-state index is 0.00256. The van der Waals surface area contributed by atoms with Gasteiger partial charge >= 0.3 is 12.0 Å². The van der Waals surface area contributed by atoms with Gasteiger partial charge in [-0.2, -0.15) is 0 Å². The fourth-order valence-corrected chi connectivity index (χ4v) is 4.45. The SMILES string of the molecule is Cc1ccc(NC(=O)Nc2cc(-c3cc(F)ccc3C(=O)O)ccc2N(CC(C)C)C2CCC2)cc1. The number of carboxylic acid groups (broad SMARTS) is 1. The number of rotatable bonds is 8. The van der Waals surface area contributed by atoms with Gasteiger partial charge < -0.3 is 20.6 Å². The molecule has 7 heteroatoms. The van der Waals surface area contributed by atoms with Crippen LogP contribution in [0.3, 0.4) is 0 Å². The van der Waals surface area contributed by atoms with Crippen LogP contribution in [0.1, 0.15) is 49.0 Å².